The van der Waals surface area contributed by atoms with Crippen molar-refractivity contribution in [3.8, 4) is 0 Å². The molecule has 1 fully saturated rings. The van der Waals surface area contributed by atoms with Gasteiger partial charge in [0, 0.05) is 18.0 Å². The summed E-state index contributed by atoms with van der Waals surface area (Å²) in [5, 5.41) is 8.92. The maximum atomic E-state index is 12.2. The maximum absolute atomic E-state index is 12.2. The summed E-state index contributed by atoms with van der Waals surface area (Å²) in [5.74, 6) is -0.611. The molecule has 0 amide bonds. The summed E-state index contributed by atoms with van der Waals surface area (Å²) in [4.78, 5) is 13.6. The second kappa shape index (κ2) is 6.27. The van der Waals surface area contributed by atoms with Crippen LogP contribution in [0.5, 0.6) is 0 Å². The van der Waals surface area contributed by atoms with E-state index in [9.17, 15) is 9.00 Å². The van der Waals surface area contributed by atoms with E-state index in [1.807, 2.05) is 7.05 Å². The Hall–Kier alpha value is -1.24. The average Bonchev–Trinajstić information content (AvgIpc) is 2.39. The van der Waals surface area contributed by atoms with Crippen LogP contribution >= 0.6 is 0 Å². The van der Waals surface area contributed by atoms with Gasteiger partial charge in [-0.3, -0.25) is 4.21 Å². The quantitative estimate of drug-likeness (QED) is 0.886. The lowest BCUT2D eigenvalue weighted by Crippen LogP contribution is -2.42. The van der Waals surface area contributed by atoms with Crippen molar-refractivity contribution in [2.24, 2.45) is 0 Å². The lowest BCUT2D eigenvalue weighted by molar-refractivity contribution is -0.00640. The van der Waals surface area contributed by atoms with Crippen LogP contribution in [0, 0.1) is 0 Å². The Balaban J connectivity index is 2.03. The fourth-order valence-corrected chi connectivity index (χ4v) is 3.22. The van der Waals surface area contributed by atoms with Crippen LogP contribution in [0.1, 0.15) is 10.4 Å². The number of carboxylic acid groups (broad SMARTS) is 1. The third-order valence-electron chi connectivity index (χ3n) is 3.02. The number of hydrogen-bond donors (Lipinski definition) is 1. The first-order valence-electron chi connectivity index (χ1n) is 6.08. The lowest BCUT2D eigenvalue weighted by Gasteiger charge is -2.29. The van der Waals surface area contributed by atoms with Gasteiger partial charge >= 0.3 is 5.97 Å². The van der Waals surface area contributed by atoms with E-state index in [0.29, 0.717) is 17.3 Å². The zero-order valence-electron chi connectivity index (χ0n) is 10.7. The van der Waals surface area contributed by atoms with Crippen LogP contribution < -0.4 is 0 Å². The minimum Gasteiger partial charge on any atom is -0.478 e. The van der Waals surface area contributed by atoms with E-state index < -0.39 is 16.8 Å². The van der Waals surface area contributed by atoms with Gasteiger partial charge in [0.2, 0.25) is 0 Å². The molecule has 1 aliphatic rings. The Labute approximate surface area is 114 Å². The molecule has 0 aromatic heterocycles. The molecule has 1 aromatic rings. The van der Waals surface area contributed by atoms with E-state index in [2.05, 4.69) is 4.90 Å². The Morgan fingerprint density at radius 1 is 1.58 bits per heavy atom. The van der Waals surface area contributed by atoms with Crippen LogP contribution in [0.25, 0.3) is 0 Å². The summed E-state index contributed by atoms with van der Waals surface area (Å²) in [7, 11) is 0.766. The Morgan fingerprint density at radius 2 is 2.37 bits per heavy atom. The van der Waals surface area contributed by atoms with E-state index in [-0.39, 0.29) is 11.7 Å². The average molecular weight is 283 g/mol. The van der Waals surface area contributed by atoms with Gasteiger partial charge in [0.1, 0.15) is 0 Å². The maximum Gasteiger partial charge on any atom is 0.335 e. The topological polar surface area (TPSA) is 66.8 Å². The number of nitrogens with zero attached hydrogens (tertiary/aromatic N) is 1. The molecular weight excluding hydrogens is 266 g/mol. The summed E-state index contributed by atoms with van der Waals surface area (Å²) in [6.07, 6.45) is -0.0620. The predicted octanol–water partition coefficient (Wildman–Crippen LogP) is 0.823. The summed E-state index contributed by atoms with van der Waals surface area (Å²) in [6.45, 7) is 2.29. The molecule has 0 bridgehead atoms. The van der Waals surface area contributed by atoms with Crippen LogP contribution in [-0.2, 0) is 15.5 Å². The first-order valence-corrected chi connectivity index (χ1v) is 7.40. The van der Waals surface area contributed by atoms with E-state index in [1.54, 1.807) is 12.1 Å². The monoisotopic (exact) mass is 283 g/mol. The number of morpholine rings is 1. The molecule has 1 aromatic carbocycles. The first-order chi connectivity index (χ1) is 9.06. The highest BCUT2D eigenvalue weighted by atomic mass is 32.2. The number of carbonyl (C=O) groups is 1. The van der Waals surface area contributed by atoms with Crippen LogP contribution in [0.15, 0.2) is 29.2 Å². The van der Waals surface area contributed by atoms with Gasteiger partial charge in [-0.15, -0.1) is 0 Å². The minimum absolute atomic E-state index is 0.0620. The predicted molar refractivity (Wildman–Crippen MR) is 71.9 cm³/mol. The van der Waals surface area contributed by atoms with Crippen molar-refractivity contribution in [3.05, 3.63) is 29.8 Å². The van der Waals surface area contributed by atoms with Crippen LogP contribution in [-0.4, -0.2) is 58.8 Å². The van der Waals surface area contributed by atoms with Crippen LogP contribution in [0.2, 0.25) is 0 Å². The zero-order valence-corrected chi connectivity index (χ0v) is 11.6. The Morgan fingerprint density at radius 3 is 3.05 bits per heavy atom. The van der Waals surface area contributed by atoms with Crippen LogP contribution in [0.4, 0.5) is 0 Å². The zero-order chi connectivity index (χ0) is 13.8. The van der Waals surface area contributed by atoms with Crippen molar-refractivity contribution in [2.75, 3.05) is 32.5 Å². The summed E-state index contributed by atoms with van der Waals surface area (Å²) >= 11 is 0. The molecule has 5 nitrogen and oxygen atoms in total. The fraction of sp³-hybridized carbons (Fsp3) is 0.462. The fourth-order valence-electron chi connectivity index (χ4n) is 2.00. The molecule has 1 saturated heterocycles. The number of carboxylic acids is 1. The molecule has 2 atom stereocenters. The first kappa shape index (κ1) is 14.2. The minimum atomic E-state index is -1.24. The van der Waals surface area contributed by atoms with Gasteiger partial charge < -0.3 is 14.7 Å². The number of aromatic carboxylic acids is 1. The highest BCUT2D eigenvalue weighted by molar-refractivity contribution is 7.85. The largest absolute Gasteiger partial charge is 0.478 e. The molecule has 19 heavy (non-hydrogen) atoms. The number of likely N-dealkylation sites (N-methyl/N-ethyl adjacent to an activating group) is 1. The molecule has 2 rings (SSSR count). The molecule has 1 N–H and O–H groups in total. The molecular formula is C13H17NO4S. The summed E-state index contributed by atoms with van der Waals surface area (Å²) < 4.78 is 17.8. The highest BCUT2D eigenvalue weighted by Gasteiger charge is 2.21. The standard InChI is InChI=1S/C13H17NO4S/c1-14-5-6-18-11(8-14)9-19(17)12-4-2-3-10(7-12)13(15)16/h2-4,7,11H,5-6,8-9H2,1H3,(H,15,16). The van der Waals surface area contributed by atoms with Gasteiger partial charge in [0.15, 0.2) is 0 Å². The van der Waals surface area contributed by atoms with E-state index >= 15 is 0 Å². The molecule has 104 valence electrons. The van der Waals surface area contributed by atoms with Gasteiger partial charge in [0.05, 0.1) is 34.8 Å². The number of hydrogen-bond acceptors (Lipinski definition) is 4. The van der Waals surface area contributed by atoms with Crippen molar-refractivity contribution in [1.82, 2.24) is 4.90 Å². The van der Waals surface area contributed by atoms with Gasteiger partial charge in [-0.1, -0.05) is 6.07 Å². The summed E-state index contributed by atoms with van der Waals surface area (Å²) in [5.41, 5.74) is 0.160. The lowest BCUT2D eigenvalue weighted by atomic mass is 10.2. The van der Waals surface area contributed by atoms with Crippen molar-refractivity contribution in [2.45, 2.75) is 11.0 Å². The Bertz CT molecular complexity index is 491. The Kier molecular flexibility index (Phi) is 4.68. The number of rotatable bonds is 4. The second-order valence-corrected chi connectivity index (χ2v) is 6.10. The van der Waals surface area contributed by atoms with E-state index in [1.165, 1.54) is 12.1 Å². The van der Waals surface area contributed by atoms with Gasteiger partial charge in [-0.05, 0) is 25.2 Å². The van der Waals surface area contributed by atoms with E-state index in [0.717, 1.165) is 13.1 Å². The third kappa shape index (κ3) is 3.86. The van der Waals surface area contributed by atoms with Gasteiger partial charge in [0.25, 0.3) is 0 Å². The number of ether oxygens (including phenoxy) is 1. The number of benzene rings is 1. The SMILES string of the molecule is CN1CCOC(CS(=O)c2cccc(C(=O)O)c2)C1. The van der Waals surface area contributed by atoms with Crippen molar-refractivity contribution >= 4 is 16.8 Å². The molecule has 1 aliphatic heterocycles. The molecule has 0 aliphatic carbocycles. The van der Waals surface area contributed by atoms with Gasteiger partial charge in [-0.2, -0.15) is 0 Å². The van der Waals surface area contributed by atoms with Crippen LogP contribution in [0.3, 0.4) is 0 Å². The molecule has 0 saturated carbocycles. The van der Waals surface area contributed by atoms with Crippen molar-refractivity contribution < 1.29 is 18.8 Å². The molecule has 0 radical (unpaired) electrons. The molecule has 6 heteroatoms. The third-order valence-corrected chi connectivity index (χ3v) is 4.48. The van der Waals surface area contributed by atoms with Crippen molar-refractivity contribution in [3.63, 3.8) is 0 Å². The molecule has 1 heterocycles. The normalized spacial score (nSPS) is 22.1. The van der Waals surface area contributed by atoms with E-state index in [4.69, 9.17) is 9.84 Å². The van der Waals surface area contributed by atoms with Gasteiger partial charge in [-0.25, -0.2) is 4.79 Å². The van der Waals surface area contributed by atoms with Crippen molar-refractivity contribution in [1.29, 1.82) is 0 Å². The second-order valence-electron chi connectivity index (χ2n) is 4.60. The summed E-state index contributed by atoms with van der Waals surface area (Å²) in [6, 6.07) is 6.26. The molecule has 0 spiro atoms. The highest BCUT2D eigenvalue weighted by Crippen LogP contribution is 2.13. The molecule has 2 unspecified atom stereocenters. The smallest absolute Gasteiger partial charge is 0.335 e.